The van der Waals surface area contributed by atoms with Crippen molar-refractivity contribution in [3.05, 3.63) is 23.8 Å². The Bertz CT molecular complexity index is 463. The van der Waals surface area contributed by atoms with Crippen LogP contribution in [-0.4, -0.2) is 36.4 Å². The second kappa shape index (κ2) is 6.02. The van der Waals surface area contributed by atoms with Gasteiger partial charge in [0.05, 0.1) is 6.10 Å². The lowest BCUT2D eigenvalue weighted by molar-refractivity contribution is 0.123. The average molecular weight is 277 g/mol. The lowest BCUT2D eigenvalue weighted by Crippen LogP contribution is -2.26. The maximum absolute atomic E-state index is 10.4. The molecule has 2 heterocycles. The minimum Gasteiger partial charge on any atom is -0.454 e. The van der Waals surface area contributed by atoms with Crippen LogP contribution in [0, 0.1) is 5.92 Å². The van der Waals surface area contributed by atoms with E-state index in [0.29, 0.717) is 6.54 Å². The number of β-amino-alcohol motifs (C(OH)–C–C–N with tert-alkyl or cyclic N) is 1. The molecule has 0 aliphatic carbocycles. The van der Waals surface area contributed by atoms with E-state index >= 15 is 0 Å². The molecule has 2 aliphatic heterocycles. The third-order valence-electron chi connectivity index (χ3n) is 4.28. The van der Waals surface area contributed by atoms with Crippen LogP contribution in [0.5, 0.6) is 11.5 Å². The van der Waals surface area contributed by atoms with Crippen molar-refractivity contribution < 1.29 is 14.6 Å². The molecule has 3 rings (SSSR count). The van der Waals surface area contributed by atoms with Crippen LogP contribution in [0.1, 0.15) is 37.9 Å². The van der Waals surface area contributed by atoms with Crippen LogP contribution in [0.2, 0.25) is 0 Å². The first-order valence-corrected chi connectivity index (χ1v) is 7.56. The molecule has 1 saturated heterocycles. The lowest BCUT2D eigenvalue weighted by atomic mass is 10.0. The van der Waals surface area contributed by atoms with Gasteiger partial charge in [-0.1, -0.05) is 19.4 Å². The first-order valence-electron chi connectivity index (χ1n) is 7.56. The number of likely N-dealkylation sites (tertiary alicyclic amines) is 1. The molecule has 4 nitrogen and oxygen atoms in total. The molecule has 2 atom stereocenters. The second-order valence-electron chi connectivity index (χ2n) is 5.83. The minimum absolute atomic E-state index is 0.277. The molecule has 0 saturated carbocycles. The normalized spacial score (nSPS) is 23.2. The van der Waals surface area contributed by atoms with Gasteiger partial charge >= 0.3 is 0 Å². The van der Waals surface area contributed by atoms with Gasteiger partial charge in [-0.15, -0.1) is 0 Å². The van der Waals surface area contributed by atoms with Crippen LogP contribution in [0.3, 0.4) is 0 Å². The fourth-order valence-corrected chi connectivity index (χ4v) is 3.19. The van der Waals surface area contributed by atoms with E-state index in [9.17, 15) is 5.11 Å². The molecule has 0 amide bonds. The van der Waals surface area contributed by atoms with Gasteiger partial charge in [0.25, 0.3) is 0 Å². The van der Waals surface area contributed by atoms with E-state index < -0.39 is 6.10 Å². The number of benzene rings is 1. The summed E-state index contributed by atoms with van der Waals surface area (Å²) in [6.07, 6.45) is 3.37. The molecule has 1 fully saturated rings. The Labute approximate surface area is 120 Å². The van der Waals surface area contributed by atoms with Crippen molar-refractivity contribution >= 4 is 0 Å². The van der Waals surface area contributed by atoms with Crippen LogP contribution >= 0.6 is 0 Å². The van der Waals surface area contributed by atoms with E-state index in [1.165, 1.54) is 19.3 Å². The Hall–Kier alpha value is -1.26. The van der Waals surface area contributed by atoms with E-state index in [1.807, 2.05) is 18.2 Å². The Morgan fingerprint density at radius 1 is 1.35 bits per heavy atom. The third-order valence-corrected chi connectivity index (χ3v) is 4.28. The zero-order chi connectivity index (χ0) is 13.9. The van der Waals surface area contributed by atoms with Crippen molar-refractivity contribution in [2.24, 2.45) is 5.92 Å². The fourth-order valence-electron chi connectivity index (χ4n) is 3.19. The molecular formula is C16H23NO3. The predicted octanol–water partition coefficient (Wildman–Crippen LogP) is 2.57. The Kier molecular flexibility index (Phi) is 4.13. The highest BCUT2D eigenvalue weighted by molar-refractivity contribution is 5.45. The highest BCUT2D eigenvalue weighted by Gasteiger charge is 2.24. The summed E-state index contributed by atoms with van der Waals surface area (Å²) in [5.74, 6) is 2.32. The number of hydrogen-bond acceptors (Lipinski definition) is 4. The van der Waals surface area contributed by atoms with Crippen molar-refractivity contribution in [2.75, 3.05) is 26.4 Å². The molecule has 0 radical (unpaired) electrons. The van der Waals surface area contributed by atoms with E-state index in [1.54, 1.807) is 0 Å². The Morgan fingerprint density at radius 3 is 3.05 bits per heavy atom. The summed E-state index contributed by atoms with van der Waals surface area (Å²) in [4.78, 5) is 2.37. The predicted molar refractivity (Wildman–Crippen MR) is 77.0 cm³/mol. The van der Waals surface area contributed by atoms with Crippen LogP contribution in [0.4, 0.5) is 0 Å². The highest BCUT2D eigenvalue weighted by Crippen LogP contribution is 2.34. The molecule has 0 spiro atoms. The quantitative estimate of drug-likeness (QED) is 0.898. The lowest BCUT2D eigenvalue weighted by Gasteiger charge is -2.20. The van der Waals surface area contributed by atoms with Crippen molar-refractivity contribution in [1.82, 2.24) is 4.90 Å². The summed E-state index contributed by atoms with van der Waals surface area (Å²) >= 11 is 0. The zero-order valence-electron chi connectivity index (χ0n) is 12.0. The summed E-state index contributed by atoms with van der Waals surface area (Å²) in [5, 5.41) is 10.4. The maximum atomic E-state index is 10.4. The molecular weight excluding hydrogens is 254 g/mol. The summed E-state index contributed by atoms with van der Waals surface area (Å²) in [7, 11) is 0. The van der Waals surface area contributed by atoms with Crippen LogP contribution < -0.4 is 9.47 Å². The number of fused-ring (bicyclic) bond motifs is 1. The van der Waals surface area contributed by atoms with Gasteiger partial charge in [0.2, 0.25) is 6.79 Å². The largest absolute Gasteiger partial charge is 0.454 e. The summed E-state index contributed by atoms with van der Waals surface area (Å²) < 4.78 is 10.7. The maximum Gasteiger partial charge on any atom is 0.231 e. The van der Waals surface area contributed by atoms with Crippen LogP contribution in [0.25, 0.3) is 0 Å². The zero-order valence-corrected chi connectivity index (χ0v) is 12.0. The molecule has 1 N–H and O–H groups in total. The number of rotatable bonds is 5. The first kappa shape index (κ1) is 13.7. The van der Waals surface area contributed by atoms with Crippen LogP contribution in [0.15, 0.2) is 18.2 Å². The smallest absolute Gasteiger partial charge is 0.231 e. The molecule has 0 bridgehead atoms. The van der Waals surface area contributed by atoms with Gasteiger partial charge in [-0.3, -0.25) is 0 Å². The summed E-state index contributed by atoms with van der Waals surface area (Å²) in [5.41, 5.74) is 0.910. The molecule has 20 heavy (non-hydrogen) atoms. The summed E-state index contributed by atoms with van der Waals surface area (Å²) in [6, 6.07) is 5.70. The van der Waals surface area contributed by atoms with Gasteiger partial charge in [0.15, 0.2) is 11.5 Å². The number of ether oxygens (including phenoxy) is 2. The van der Waals surface area contributed by atoms with Crippen LogP contribution in [-0.2, 0) is 0 Å². The minimum atomic E-state index is -0.454. The third kappa shape index (κ3) is 2.91. The van der Waals surface area contributed by atoms with Gasteiger partial charge in [0, 0.05) is 13.1 Å². The van der Waals surface area contributed by atoms with Gasteiger partial charge < -0.3 is 19.5 Å². The van der Waals surface area contributed by atoms with E-state index in [4.69, 9.17) is 9.47 Å². The molecule has 0 aromatic heterocycles. The van der Waals surface area contributed by atoms with Crippen molar-refractivity contribution in [3.63, 3.8) is 0 Å². The standard InChI is InChI=1S/C16H23NO3/c1-2-3-12-6-7-17(9-12)10-14(18)13-4-5-15-16(8-13)20-11-19-15/h4-5,8,12,14,18H,2-3,6-7,9-11H2,1H3. The van der Waals surface area contributed by atoms with Gasteiger partial charge in [-0.05, 0) is 43.0 Å². The van der Waals surface area contributed by atoms with Crippen molar-refractivity contribution in [2.45, 2.75) is 32.3 Å². The molecule has 1 aromatic carbocycles. The van der Waals surface area contributed by atoms with Gasteiger partial charge in [-0.2, -0.15) is 0 Å². The SMILES string of the molecule is CCCC1CCN(CC(O)c2ccc3c(c2)OCO3)C1. The molecule has 110 valence electrons. The van der Waals surface area contributed by atoms with Gasteiger partial charge in [0.1, 0.15) is 0 Å². The monoisotopic (exact) mass is 277 g/mol. The molecule has 1 aromatic rings. The summed E-state index contributed by atoms with van der Waals surface area (Å²) in [6.45, 7) is 5.45. The highest BCUT2D eigenvalue weighted by atomic mass is 16.7. The van der Waals surface area contributed by atoms with Crippen molar-refractivity contribution in [1.29, 1.82) is 0 Å². The molecule has 2 aliphatic rings. The topological polar surface area (TPSA) is 41.9 Å². The number of aliphatic hydroxyl groups excluding tert-OH is 1. The van der Waals surface area contributed by atoms with E-state index in [-0.39, 0.29) is 6.79 Å². The average Bonchev–Trinajstić information content (AvgIpc) is 3.07. The Morgan fingerprint density at radius 2 is 2.20 bits per heavy atom. The second-order valence-corrected chi connectivity index (χ2v) is 5.83. The number of hydrogen-bond donors (Lipinski definition) is 1. The molecule has 2 unspecified atom stereocenters. The number of nitrogens with zero attached hydrogens (tertiary/aromatic N) is 1. The van der Waals surface area contributed by atoms with Crippen molar-refractivity contribution in [3.8, 4) is 11.5 Å². The first-order chi connectivity index (χ1) is 9.76. The Balaban J connectivity index is 1.58. The van der Waals surface area contributed by atoms with E-state index in [2.05, 4.69) is 11.8 Å². The molecule has 4 heteroatoms. The van der Waals surface area contributed by atoms with Gasteiger partial charge in [-0.25, -0.2) is 0 Å². The van der Waals surface area contributed by atoms with E-state index in [0.717, 1.165) is 36.1 Å². The number of aliphatic hydroxyl groups is 1. The fraction of sp³-hybridized carbons (Fsp3) is 0.625.